The number of benzene rings is 1. The number of carbonyl (C=O) groups excluding carboxylic acids is 5. The molecule has 15 heteroatoms. The van der Waals surface area contributed by atoms with Crippen molar-refractivity contribution in [2.24, 2.45) is 11.8 Å². The van der Waals surface area contributed by atoms with E-state index in [0.29, 0.717) is 45.2 Å². The number of esters is 1. The Morgan fingerprint density at radius 1 is 1.04 bits per heavy atom. The van der Waals surface area contributed by atoms with E-state index < -0.39 is 79.7 Å². The van der Waals surface area contributed by atoms with Gasteiger partial charge in [0.1, 0.15) is 28.0 Å². The van der Waals surface area contributed by atoms with Crippen molar-refractivity contribution in [3.63, 3.8) is 0 Å². The molecule has 3 aliphatic heterocycles. The highest BCUT2D eigenvalue weighted by Gasteiger charge is 2.64. The number of methoxy groups -OCH3 is 1. The topological polar surface area (TPSA) is 178 Å². The summed E-state index contributed by atoms with van der Waals surface area (Å²) in [5.41, 5.74) is -0.305. The lowest BCUT2D eigenvalue weighted by Crippen LogP contribution is -2.58. The third-order valence-electron chi connectivity index (χ3n) is 11.0. The van der Waals surface area contributed by atoms with Crippen molar-refractivity contribution in [3.8, 4) is 0 Å². The molecule has 0 unspecified atom stereocenters. The Bertz CT molecular complexity index is 1730. The van der Waals surface area contributed by atoms with Gasteiger partial charge in [0.25, 0.3) is 5.91 Å². The van der Waals surface area contributed by atoms with E-state index in [4.69, 9.17) is 14.2 Å². The highest BCUT2D eigenvalue weighted by atomic mass is 32.2. The molecule has 0 radical (unpaired) electrons. The largest absolute Gasteiger partial charge is 0.460 e. The van der Waals surface area contributed by atoms with Crippen LogP contribution in [0.5, 0.6) is 0 Å². The summed E-state index contributed by atoms with van der Waals surface area (Å²) >= 11 is 0. The maximum Gasteiger partial charge on any atom is 0.410 e. The summed E-state index contributed by atoms with van der Waals surface area (Å²) in [7, 11) is -2.73. The van der Waals surface area contributed by atoms with Crippen LogP contribution in [0.1, 0.15) is 96.1 Å². The molecule has 2 aliphatic carbocycles. The average Bonchev–Trinajstić information content (AvgIpc) is 3.91. The van der Waals surface area contributed by atoms with Gasteiger partial charge in [-0.25, -0.2) is 13.2 Å². The Labute approximate surface area is 311 Å². The molecule has 5 aliphatic rings. The Kier molecular flexibility index (Phi) is 11.0. The van der Waals surface area contributed by atoms with Crippen molar-refractivity contribution in [1.82, 2.24) is 19.8 Å². The number of fused-ring (bicyclic) bond motifs is 3. The lowest BCUT2D eigenvalue weighted by Gasteiger charge is -2.30. The van der Waals surface area contributed by atoms with Gasteiger partial charge in [0.15, 0.2) is 0 Å². The Hall–Kier alpha value is -3.98. The van der Waals surface area contributed by atoms with Crippen LogP contribution < -0.4 is 10.0 Å². The molecule has 3 fully saturated rings. The van der Waals surface area contributed by atoms with E-state index >= 15 is 0 Å². The first kappa shape index (κ1) is 38.7. The number of rotatable bonds is 8. The van der Waals surface area contributed by atoms with E-state index in [1.165, 1.54) is 12.0 Å². The molecule has 3 heterocycles. The number of allylic oxidation sites excluding steroid dienone is 1. The fraction of sp³-hybridized carbons (Fsp3) is 0.658. The zero-order chi connectivity index (χ0) is 38.2. The summed E-state index contributed by atoms with van der Waals surface area (Å²) in [5, 5.41) is 2.85. The second kappa shape index (κ2) is 15.0. The Balaban J connectivity index is 1.25. The lowest BCUT2D eigenvalue weighted by molar-refractivity contribution is -0.159. The summed E-state index contributed by atoms with van der Waals surface area (Å²) in [4.78, 5) is 72.0. The predicted octanol–water partition coefficient (Wildman–Crippen LogP) is 3.48. The Morgan fingerprint density at radius 2 is 1.74 bits per heavy atom. The van der Waals surface area contributed by atoms with Gasteiger partial charge in [-0.2, -0.15) is 0 Å². The predicted molar refractivity (Wildman–Crippen MR) is 192 cm³/mol. The van der Waals surface area contributed by atoms with Crippen LogP contribution in [0.3, 0.4) is 0 Å². The molecule has 290 valence electrons. The van der Waals surface area contributed by atoms with Crippen LogP contribution in [0, 0.1) is 11.8 Å². The van der Waals surface area contributed by atoms with E-state index in [2.05, 4.69) is 10.0 Å². The van der Waals surface area contributed by atoms with Gasteiger partial charge in [0.2, 0.25) is 21.8 Å². The quantitative estimate of drug-likeness (QED) is 0.295. The van der Waals surface area contributed by atoms with Crippen LogP contribution >= 0.6 is 0 Å². The molecule has 5 atom stereocenters. The minimum atomic E-state index is -4.13. The van der Waals surface area contributed by atoms with Crippen LogP contribution in [0.4, 0.5) is 4.79 Å². The summed E-state index contributed by atoms with van der Waals surface area (Å²) in [6.07, 6.45) is 6.28. The van der Waals surface area contributed by atoms with E-state index in [1.54, 1.807) is 25.7 Å². The number of carbonyl (C=O) groups is 5. The normalized spacial score (nSPS) is 29.0. The molecule has 1 saturated heterocycles. The monoisotopic (exact) mass is 756 g/mol. The maximum absolute atomic E-state index is 14.4. The van der Waals surface area contributed by atoms with Crippen molar-refractivity contribution >= 4 is 39.8 Å². The molecule has 1 aromatic rings. The molecule has 2 N–H and O–H groups in total. The Morgan fingerprint density at radius 3 is 2.38 bits per heavy atom. The first-order valence-corrected chi connectivity index (χ1v) is 20.1. The van der Waals surface area contributed by atoms with Gasteiger partial charge in [-0.1, -0.05) is 49.3 Å². The second-order valence-electron chi connectivity index (χ2n) is 16.2. The summed E-state index contributed by atoms with van der Waals surface area (Å²) in [6, 6.07) is 6.54. The van der Waals surface area contributed by atoms with Crippen molar-refractivity contribution < 1.29 is 46.6 Å². The van der Waals surface area contributed by atoms with Gasteiger partial charge < -0.3 is 24.4 Å². The molecule has 0 bridgehead atoms. The smallest absolute Gasteiger partial charge is 0.410 e. The number of sulfonamides is 1. The molecule has 4 amide bonds. The third kappa shape index (κ3) is 8.56. The fourth-order valence-corrected chi connectivity index (χ4v) is 9.33. The van der Waals surface area contributed by atoms with Crippen LogP contribution in [0.25, 0.3) is 0 Å². The van der Waals surface area contributed by atoms with Gasteiger partial charge in [-0.05, 0) is 70.4 Å². The van der Waals surface area contributed by atoms with Crippen molar-refractivity contribution in [2.45, 2.75) is 126 Å². The van der Waals surface area contributed by atoms with Gasteiger partial charge in [0.05, 0.1) is 19.6 Å². The summed E-state index contributed by atoms with van der Waals surface area (Å²) < 4.78 is 44.4. The van der Waals surface area contributed by atoms with Crippen molar-refractivity contribution in [2.75, 3.05) is 20.3 Å². The molecule has 53 heavy (non-hydrogen) atoms. The third-order valence-corrected chi connectivity index (χ3v) is 13.1. The zero-order valence-corrected chi connectivity index (χ0v) is 31.9. The summed E-state index contributed by atoms with van der Waals surface area (Å²) in [5.74, 6) is -3.76. The van der Waals surface area contributed by atoms with Gasteiger partial charge in [-0.15, -0.1) is 0 Å². The van der Waals surface area contributed by atoms with Gasteiger partial charge >= 0.3 is 12.1 Å². The van der Waals surface area contributed by atoms with E-state index in [9.17, 15) is 32.4 Å². The highest BCUT2D eigenvalue weighted by Crippen LogP contribution is 2.48. The number of hydrogen-bond acceptors (Lipinski definition) is 10. The number of nitrogens with one attached hydrogen (secondary N) is 2. The molecule has 2 saturated carbocycles. The standard InChI is InChI=1S/C38H52N4O10S/c1-36(2,3)52-31(43)18-25-12-8-6-5-7-9-15-28-20-38(28,34(46)40-53(48,49)37(16-17-37)24-50-4)39-32(44)30-19-29(23-42(30)33(25)45)51-35(47)41-21-26-13-10-11-14-27(26)22-41/h9-11,13-15,25,28-30H,5-8,12,16-24H2,1-4H3,(H,39,44)(H,40,46)/b15-9-/t25-,28-,29-,30+,38-/m1/s1. The van der Waals surface area contributed by atoms with Crippen LogP contribution in [-0.4, -0.2) is 96.3 Å². The van der Waals surface area contributed by atoms with E-state index in [-0.39, 0.29) is 32.4 Å². The molecule has 6 rings (SSSR count). The van der Waals surface area contributed by atoms with Gasteiger partial charge in [-0.3, -0.25) is 28.8 Å². The summed E-state index contributed by atoms with van der Waals surface area (Å²) in [6.45, 7) is 5.83. The van der Waals surface area contributed by atoms with Crippen LogP contribution in [-0.2, 0) is 56.5 Å². The molecule has 14 nitrogen and oxygen atoms in total. The van der Waals surface area contributed by atoms with Gasteiger partial charge in [0, 0.05) is 38.5 Å². The SMILES string of the molecule is COCC1(S(=O)(=O)NC(=O)[C@@]23C[C@H]2/C=C\CCCCC[C@H](CC(=O)OC(C)(C)C)C(=O)N2C[C@H](OC(=O)N4Cc5ccccc5C4)C[C@H]2C(=O)N3)CC1. The van der Waals surface area contributed by atoms with Crippen molar-refractivity contribution in [3.05, 3.63) is 47.5 Å². The maximum atomic E-state index is 14.4. The highest BCUT2D eigenvalue weighted by molar-refractivity contribution is 7.91. The number of ether oxygens (including phenoxy) is 3. The molecular formula is C38H52N4O10S. The number of hydrogen-bond donors (Lipinski definition) is 2. The minimum Gasteiger partial charge on any atom is -0.460 e. The van der Waals surface area contributed by atoms with Crippen molar-refractivity contribution in [1.29, 1.82) is 0 Å². The molecule has 0 spiro atoms. The molecule has 1 aromatic carbocycles. The number of amides is 4. The fourth-order valence-electron chi connectivity index (χ4n) is 7.78. The zero-order valence-electron chi connectivity index (χ0n) is 31.1. The lowest BCUT2D eigenvalue weighted by atomic mass is 9.95. The first-order chi connectivity index (χ1) is 25.1. The second-order valence-corrected chi connectivity index (χ2v) is 18.3. The first-order valence-electron chi connectivity index (χ1n) is 18.7. The van der Waals surface area contributed by atoms with E-state index in [0.717, 1.165) is 24.0 Å². The minimum absolute atomic E-state index is 0.0449. The molecular weight excluding hydrogens is 705 g/mol. The molecule has 0 aromatic heterocycles. The van der Waals surface area contributed by atoms with Crippen LogP contribution in [0.2, 0.25) is 0 Å². The van der Waals surface area contributed by atoms with E-state index in [1.807, 2.05) is 36.4 Å². The number of nitrogens with zero attached hydrogens (tertiary/aromatic N) is 2. The van der Waals surface area contributed by atoms with Crippen LogP contribution in [0.15, 0.2) is 36.4 Å². The average molecular weight is 757 g/mol.